The van der Waals surface area contributed by atoms with Crippen molar-refractivity contribution in [3.63, 3.8) is 0 Å². The van der Waals surface area contributed by atoms with E-state index in [0.717, 1.165) is 23.4 Å². The number of hydrogen-bond acceptors (Lipinski definition) is 2. The minimum absolute atomic E-state index is 0.397. The van der Waals surface area contributed by atoms with Crippen LogP contribution in [0, 0.1) is 0 Å². The average molecular weight is 342 g/mol. The molecule has 0 bridgehead atoms. The SMILES string of the molecule is CC(NC(=O)NCCc1cccs1)c1cccc(C(F)(F)F)c1. The Morgan fingerprint density at radius 2 is 2.04 bits per heavy atom. The molecule has 1 aromatic heterocycles. The zero-order valence-electron chi connectivity index (χ0n) is 12.5. The van der Waals surface area contributed by atoms with Crippen molar-refractivity contribution in [1.29, 1.82) is 0 Å². The molecule has 0 aliphatic carbocycles. The van der Waals surface area contributed by atoms with E-state index in [1.807, 2.05) is 17.5 Å². The van der Waals surface area contributed by atoms with Gasteiger partial charge in [-0.1, -0.05) is 18.2 Å². The molecule has 1 atom stereocenters. The van der Waals surface area contributed by atoms with Gasteiger partial charge in [-0.2, -0.15) is 13.2 Å². The normalized spacial score (nSPS) is 12.7. The van der Waals surface area contributed by atoms with Gasteiger partial charge in [-0.05, 0) is 42.5 Å². The Bertz CT molecular complexity index is 641. The summed E-state index contributed by atoms with van der Waals surface area (Å²) in [6.45, 7) is 2.12. The number of carbonyl (C=O) groups is 1. The molecular weight excluding hydrogens is 325 g/mol. The number of thiophene rings is 1. The van der Waals surface area contributed by atoms with E-state index < -0.39 is 23.8 Å². The van der Waals surface area contributed by atoms with Gasteiger partial charge in [-0.15, -0.1) is 11.3 Å². The molecule has 0 saturated heterocycles. The molecule has 2 rings (SSSR count). The second-order valence-corrected chi connectivity index (χ2v) is 6.11. The standard InChI is InChI=1S/C16H17F3N2OS/c1-11(12-4-2-5-13(10-12)16(17,18)19)21-15(22)20-8-7-14-6-3-9-23-14/h2-6,9-11H,7-8H2,1H3,(H2,20,21,22). The lowest BCUT2D eigenvalue weighted by Crippen LogP contribution is -2.38. The molecule has 124 valence electrons. The number of hydrogen-bond donors (Lipinski definition) is 2. The van der Waals surface area contributed by atoms with Crippen LogP contribution in [0.5, 0.6) is 0 Å². The van der Waals surface area contributed by atoms with Crippen LogP contribution in [0.3, 0.4) is 0 Å². The Morgan fingerprint density at radius 3 is 2.70 bits per heavy atom. The Morgan fingerprint density at radius 1 is 1.26 bits per heavy atom. The largest absolute Gasteiger partial charge is 0.416 e. The van der Waals surface area contributed by atoms with Gasteiger partial charge in [-0.25, -0.2) is 4.79 Å². The lowest BCUT2D eigenvalue weighted by molar-refractivity contribution is -0.137. The van der Waals surface area contributed by atoms with E-state index in [2.05, 4.69) is 10.6 Å². The first-order valence-corrected chi connectivity index (χ1v) is 7.98. The quantitative estimate of drug-likeness (QED) is 0.832. The molecule has 0 spiro atoms. The van der Waals surface area contributed by atoms with Crippen LogP contribution in [-0.2, 0) is 12.6 Å². The summed E-state index contributed by atoms with van der Waals surface area (Å²) >= 11 is 1.61. The summed E-state index contributed by atoms with van der Waals surface area (Å²) < 4.78 is 38.1. The van der Waals surface area contributed by atoms with Crippen LogP contribution in [0.15, 0.2) is 41.8 Å². The smallest absolute Gasteiger partial charge is 0.338 e. The molecule has 3 nitrogen and oxygen atoms in total. The molecule has 0 radical (unpaired) electrons. The van der Waals surface area contributed by atoms with Crippen molar-refractivity contribution in [2.24, 2.45) is 0 Å². The predicted octanol–water partition coefficient (Wildman–Crippen LogP) is 4.37. The van der Waals surface area contributed by atoms with E-state index in [0.29, 0.717) is 12.1 Å². The maximum atomic E-state index is 12.7. The van der Waals surface area contributed by atoms with Crippen molar-refractivity contribution in [2.75, 3.05) is 6.54 Å². The van der Waals surface area contributed by atoms with E-state index >= 15 is 0 Å². The van der Waals surface area contributed by atoms with Crippen molar-refractivity contribution in [2.45, 2.75) is 25.6 Å². The minimum atomic E-state index is -4.39. The summed E-state index contributed by atoms with van der Waals surface area (Å²) in [5.74, 6) is 0. The van der Waals surface area contributed by atoms with Crippen LogP contribution in [-0.4, -0.2) is 12.6 Å². The first-order chi connectivity index (χ1) is 10.9. The van der Waals surface area contributed by atoms with Gasteiger partial charge in [0, 0.05) is 11.4 Å². The number of benzene rings is 1. The first-order valence-electron chi connectivity index (χ1n) is 7.10. The van der Waals surface area contributed by atoms with Crippen molar-refractivity contribution in [1.82, 2.24) is 10.6 Å². The van der Waals surface area contributed by atoms with Gasteiger partial charge in [0.2, 0.25) is 0 Å². The van der Waals surface area contributed by atoms with Crippen molar-refractivity contribution in [3.8, 4) is 0 Å². The predicted molar refractivity (Wildman–Crippen MR) is 84.4 cm³/mol. The molecule has 0 saturated carbocycles. The Labute approximate surface area is 136 Å². The molecule has 0 aliphatic rings. The van der Waals surface area contributed by atoms with Crippen molar-refractivity contribution in [3.05, 3.63) is 57.8 Å². The van der Waals surface area contributed by atoms with Gasteiger partial charge in [0.1, 0.15) is 0 Å². The maximum absolute atomic E-state index is 12.7. The number of halogens is 3. The summed E-state index contributed by atoms with van der Waals surface area (Å²) in [5.41, 5.74) is -0.310. The van der Waals surface area contributed by atoms with E-state index in [9.17, 15) is 18.0 Å². The molecule has 1 heterocycles. The first kappa shape index (κ1) is 17.3. The molecule has 1 aromatic carbocycles. The van der Waals surface area contributed by atoms with Crippen molar-refractivity contribution < 1.29 is 18.0 Å². The molecule has 0 fully saturated rings. The number of urea groups is 1. The summed E-state index contributed by atoms with van der Waals surface area (Å²) in [4.78, 5) is 13.0. The van der Waals surface area contributed by atoms with E-state index in [1.54, 1.807) is 24.3 Å². The third-order valence-corrected chi connectivity index (χ3v) is 4.23. The van der Waals surface area contributed by atoms with E-state index in [4.69, 9.17) is 0 Å². The fraction of sp³-hybridized carbons (Fsp3) is 0.312. The summed E-state index contributed by atoms with van der Waals surface area (Å²) in [7, 11) is 0. The van der Waals surface area contributed by atoms with Crippen molar-refractivity contribution >= 4 is 17.4 Å². The molecule has 1 unspecified atom stereocenters. The van der Waals surface area contributed by atoms with Gasteiger partial charge in [0.05, 0.1) is 11.6 Å². The fourth-order valence-electron chi connectivity index (χ4n) is 2.07. The van der Waals surface area contributed by atoms with Gasteiger partial charge >= 0.3 is 12.2 Å². The fourth-order valence-corrected chi connectivity index (χ4v) is 2.78. The number of alkyl halides is 3. The molecular formula is C16H17F3N2OS. The van der Waals surface area contributed by atoms with Gasteiger partial charge in [0.25, 0.3) is 0 Å². The highest BCUT2D eigenvalue weighted by Gasteiger charge is 2.30. The summed E-state index contributed by atoms with van der Waals surface area (Å²) in [5, 5.41) is 7.31. The van der Waals surface area contributed by atoms with Crippen LogP contribution in [0.1, 0.15) is 29.0 Å². The Hall–Kier alpha value is -2.02. The highest BCUT2D eigenvalue weighted by molar-refractivity contribution is 7.09. The molecule has 2 N–H and O–H groups in total. The second-order valence-electron chi connectivity index (χ2n) is 5.07. The average Bonchev–Trinajstić information content (AvgIpc) is 2.99. The second kappa shape index (κ2) is 7.50. The van der Waals surface area contributed by atoms with Crippen LogP contribution in [0.4, 0.5) is 18.0 Å². The van der Waals surface area contributed by atoms with Gasteiger partial charge in [0.15, 0.2) is 0 Å². The number of rotatable bonds is 5. The third-order valence-electron chi connectivity index (χ3n) is 3.30. The van der Waals surface area contributed by atoms with Crippen LogP contribution < -0.4 is 10.6 Å². The lowest BCUT2D eigenvalue weighted by Gasteiger charge is -2.16. The lowest BCUT2D eigenvalue weighted by atomic mass is 10.1. The summed E-state index contributed by atoms with van der Waals surface area (Å²) in [6.07, 6.45) is -3.66. The maximum Gasteiger partial charge on any atom is 0.416 e. The van der Waals surface area contributed by atoms with Crippen LogP contribution >= 0.6 is 11.3 Å². The topological polar surface area (TPSA) is 41.1 Å². The third kappa shape index (κ3) is 5.28. The zero-order valence-corrected chi connectivity index (χ0v) is 13.3. The molecule has 2 amide bonds. The molecule has 23 heavy (non-hydrogen) atoms. The molecule has 7 heteroatoms. The van der Waals surface area contributed by atoms with Gasteiger partial charge in [-0.3, -0.25) is 0 Å². The molecule has 0 aliphatic heterocycles. The zero-order chi connectivity index (χ0) is 16.9. The van der Waals surface area contributed by atoms with Crippen LogP contribution in [0.2, 0.25) is 0 Å². The minimum Gasteiger partial charge on any atom is -0.338 e. The van der Waals surface area contributed by atoms with E-state index in [1.165, 1.54) is 6.07 Å². The number of amides is 2. The van der Waals surface area contributed by atoms with Gasteiger partial charge < -0.3 is 10.6 Å². The van der Waals surface area contributed by atoms with Crippen LogP contribution in [0.25, 0.3) is 0 Å². The number of carbonyl (C=O) groups excluding carboxylic acids is 1. The highest BCUT2D eigenvalue weighted by Crippen LogP contribution is 2.30. The number of nitrogens with one attached hydrogen (secondary N) is 2. The Balaban J connectivity index is 1.86. The Kier molecular flexibility index (Phi) is 5.65. The van der Waals surface area contributed by atoms with E-state index in [-0.39, 0.29) is 0 Å². The summed E-state index contributed by atoms with van der Waals surface area (Å²) in [6, 6.07) is 7.97. The molecule has 2 aromatic rings. The monoisotopic (exact) mass is 342 g/mol. The highest BCUT2D eigenvalue weighted by atomic mass is 32.1.